The number of carbonyl (C=O) groups is 2. The molecule has 0 bridgehead atoms. The second kappa shape index (κ2) is 11.6. The predicted octanol–water partition coefficient (Wildman–Crippen LogP) is 7.78. The lowest BCUT2D eigenvalue weighted by molar-refractivity contribution is -0.109. The molecule has 5 nitrogen and oxygen atoms in total. The molecule has 2 unspecified atom stereocenters. The van der Waals surface area contributed by atoms with E-state index in [1.54, 1.807) is 24.3 Å². The summed E-state index contributed by atoms with van der Waals surface area (Å²) in [5, 5.41) is 0.889. The van der Waals surface area contributed by atoms with E-state index in [1.807, 2.05) is 44.2 Å². The molecule has 1 amide bonds. The van der Waals surface area contributed by atoms with Crippen molar-refractivity contribution >= 4 is 41.3 Å². The van der Waals surface area contributed by atoms with Gasteiger partial charge in [-0.05, 0) is 56.6 Å². The standard InChI is InChI=1S/C32H34Cl2FN2O3/c1-3-37(20-23-6-4-22(2)5-7-23)30-11-9-26(35)19-27(30)32(40-31(37)39)13-16-36(17-14-32)15-12-25(21-38)24-8-10-28(33)29(34)18-24/h4-11,18-19,21,25H,3,12-17,20H2,1-2H3/q+1. The Kier molecular flexibility index (Phi) is 8.35. The molecule has 2 atom stereocenters. The number of hydrogen-bond acceptors (Lipinski definition) is 4. The number of nitrogens with zero attached hydrogens (tertiary/aromatic N) is 2. The fourth-order valence-electron chi connectivity index (χ4n) is 6.11. The number of carbonyl (C=O) groups excluding carboxylic acids is 2. The maximum absolute atomic E-state index is 14.7. The summed E-state index contributed by atoms with van der Waals surface area (Å²) in [5.74, 6) is -0.629. The largest absolute Gasteiger partial charge is 0.522 e. The molecule has 210 valence electrons. The zero-order valence-electron chi connectivity index (χ0n) is 22.8. The van der Waals surface area contributed by atoms with Crippen molar-refractivity contribution in [1.29, 1.82) is 0 Å². The van der Waals surface area contributed by atoms with Gasteiger partial charge >= 0.3 is 6.09 Å². The zero-order valence-corrected chi connectivity index (χ0v) is 24.3. The Labute approximate surface area is 245 Å². The van der Waals surface area contributed by atoms with E-state index in [-0.39, 0.29) is 22.3 Å². The van der Waals surface area contributed by atoms with Crippen molar-refractivity contribution in [2.24, 2.45) is 0 Å². The third-order valence-electron chi connectivity index (χ3n) is 8.61. The van der Waals surface area contributed by atoms with Gasteiger partial charge in [-0.3, -0.25) is 0 Å². The van der Waals surface area contributed by atoms with Gasteiger partial charge in [-0.25, -0.2) is 4.39 Å². The molecule has 0 saturated carbocycles. The molecule has 3 aromatic rings. The third-order valence-corrected chi connectivity index (χ3v) is 9.35. The first-order valence-electron chi connectivity index (χ1n) is 13.8. The summed E-state index contributed by atoms with van der Waals surface area (Å²) in [5.41, 5.74) is 3.72. The number of rotatable bonds is 8. The quantitative estimate of drug-likeness (QED) is 0.200. The first-order valence-corrected chi connectivity index (χ1v) is 14.5. The summed E-state index contributed by atoms with van der Waals surface area (Å²) in [4.78, 5) is 28.0. The molecule has 40 heavy (non-hydrogen) atoms. The second-order valence-corrected chi connectivity index (χ2v) is 11.8. The van der Waals surface area contributed by atoms with Crippen molar-refractivity contribution in [3.05, 3.63) is 98.8 Å². The summed E-state index contributed by atoms with van der Waals surface area (Å²) < 4.78 is 21.0. The van der Waals surface area contributed by atoms with E-state index >= 15 is 0 Å². The van der Waals surface area contributed by atoms with E-state index in [1.165, 1.54) is 6.07 Å². The summed E-state index contributed by atoms with van der Waals surface area (Å²) in [6, 6.07) is 18.2. The summed E-state index contributed by atoms with van der Waals surface area (Å²) in [7, 11) is 0. The minimum atomic E-state index is -0.872. The SMILES string of the molecule is CC[N+]1(Cc2ccc(C)cc2)C(=O)OC2(CCN(CCC(C=O)c3ccc(Cl)c(Cl)c3)CC2)c2cc(F)ccc21. The molecule has 2 heterocycles. The third kappa shape index (κ3) is 5.42. The van der Waals surface area contributed by atoms with Gasteiger partial charge in [-0.15, -0.1) is 0 Å². The van der Waals surface area contributed by atoms with Gasteiger partial charge in [0.15, 0.2) is 11.3 Å². The Bertz CT molecular complexity index is 1410. The van der Waals surface area contributed by atoms with Gasteiger partial charge < -0.3 is 14.4 Å². The average Bonchev–Trinajstić information content (AvgIpc) is 2.95. The highest BCUT2D eigenvalue weighted by molar-refractivity contribution is 6.42. The minimum Gasteiger partial charge on any atom is -0.408 e. The van der Waals surface area contributed by atoms with Gasteiger partial charge in [0.1, 0.15) is 18.6 Å². The van der Waals surface area contributed by atoms with Crippen molar-refractivity contribution in [3.63, 3.8) is 0 Å². The Hall–Kier alpha value is -2.77. The summed E-state index contributed by atoms with van der Waals surface area (Å²) in [6.45, 7) is 6.98. The lowest BCUT2D eigenvalue weighted by Gasteiger charge is -2.48. The molecule has 1 fully saturated rings. The summed E-state index contributed by atoms with van der Waals surface area (Å²) in [6.07, 6.45) is 2.40. The number of likely N-dealkylation sites (tertiary alicyclic amines) is 1. The van der Waals surface area contributed by atoms with E-state index in [0.29, 0.717) is 62.0 Å². The molecular weight excluding hydrogens is 550 g/mol. The smallest absolute Gasteiger partial charge is 0.408 e. The van der Waals surface area contributed by atoms with Crippen LogP contribution in [0.3, 0.4) is 0 Å². The number of aryl methyl sites for hydroxylation is 1. The van der Waals surface area contributed by atoms with Crippen LogP contribution in [0.4, 0.5) is 14.9 Å². The second-order valence-electron chi connectivity index (χ2n) is 11.0. The molecule has 0 aliphatic carbocycles. The maximum atomic E-state index is 14.7. The average molecular weight is 585 g/mol. The van der Waals surface area contributed by atoms with Crippen LogP contribution >= 0.6 is 23.2 Å². The number of amides is 1. The van der Waals surface area contributed by atoms with E-state index in [0.717, 1.165) is 34.2 Å². The number of fused-ring (bicyclic) bond motifs is 2. The number of hydrogen-bond donors (Lipinski definition) is 0. The molecule has 2 aliphatic rings. The van der Waals surface area contributed by atoms with Crippen LogP contribution in [0.2, 0.25) is 10.0 Å². The van der Waals surface area contributed by atoms with Crippen LogP contribution in [-0.2, 0) is 21.7 Å². The van der Waals surface area contributed by atoms with Crippen molar-refractivity contribution < 1.29 is 18.7 Å². The van der Waals surface area contributed by atoms with Crippen molar-refractivity contribution in [3.8, 4) is 0 Å². The summed E-state index contributed by atoms with van der Waals surface area (Å²) >= 11 is 12.2. The Morgan fingerprint density at radius 3 is 2.42 bits per heavy atom. The first-order chi connectivity index (χ1) is 19.2. The monoisotopic (exact) mass is 583 g/mol. The molecule has 1 saturated heterocycles. The highest BCUT2D eigenvalue weighted by Crippen LogP contribution is 2.49. The van der Waals surface area contributed by atoms with Gasteiger partial charge in [0.25, 0.3) is 0 Å². The topological polar surface area (TPSA) is 46.6 Å². The van der Waals surface area contributed by atoms with Crippen LogP contribution in [0.1, 0.15) is 54.4 Å². The molecule has 2 aliphatic heterocycles. The Balaban J connectivity index is 1.35. The number of halogens is 3. The van der Waals surface area contributed by atoms with Crippen LogP contribution in [0, 0.1) is 12.7 Å². The van der Waals surface area contributed by atoms with Crippen molar-refractivity contribution in [1.82, 2.24) is 9.38 Å². The lowest BCUT2D eigenvalue weighted by atomic mass is 9.81. The fraction of sp³-hybridized carbons (Fsp3) is 0.375. The van der Waals surface area contributed by atoms with Gasteiger partial charge in [-0.2, -0.15) is 9.28 Å². The fourth-order valence-corrected chi connectivity index (χ4v) is 6.41. The van der Waals surface area contributed by atoms with Crippen LogP contribution in [0.25, 0.3) is 0 Å². The number of aldehydes is 1. The first kappa shape index (κ1) is 28.7. The molecule has 8 heteroatoms. The van der Waals surface area contributed by atoms with E-state index in [4.69, 9.17) is 27.9 Å². The number of piperidine rings is 1. The highest BCUT2D eigenvalue weighted by Gasteiger charge is 2.56. The molecule has 0 N–H and O–H groups in total. The molecule has 0 radical (unpaired) electrons. The zero-order chi connectivity index (χ0) is 28.5. The van der Waals surface area contributed by atoms with Gasteiger partial charge in [0.05, 0.1) is 22.2 Å². The maximum Gasteiger partial charge on any atom is 0.522 e. The number of ether oxygens (including phenoxy) is 1. The molecule has 0 aromatic heterocycles. The Morgan fingerprint density at radius 2 is 1.77 bits per heavy atom. The number of quaternary nitrogens is 1. The number of benzene rings is 3. The van der Waals surface area contributed by atoms with Crippen LogP contribution in [-0.4, -0.2) is 43.5 Å². The molecule has 3 aromatic carbocycles. The van der Waals surface area contributed by atoms with Crippen LogP contribution < -0.4 is 4.48 Å². The molecule has 5 rings (SSSR count). The van der Waals surface area contributed by atoms with Crippen molar-refractivity contribution in [2.45, 2.75) is 51.2 Å². The van der Waals surface area contributed by atoms with Crippen LogP contribution in [0.5, 0.6) is 0 Å². The van der Waals surface area contributed by atoms with Gasteiger partial charge in [0, 0.05) is 43.5 Å². The predicted molar refractivity (Wildman–Crippen MR) is 157 cm³/mol. The highest BCUT2D eigenvalue weighted by atomic mass is 35.5. The van der Waals surface area contributed by atoms with E-state index in [9.17, 15) is 14.0 Å². The van der Waals surface area contributed by atoms with E-state index < -0.39 is 5.60 Å². The van der Waals surface area contributed by atoms with Gasteiger partial charge in [0.2, 0.25) is 0 Å². The van der Waals surface area contributed by atoms with E-state index in [2.05, 4.69) is 4.90 Å². The van der Waals surface area contributed by atoms with Crippen molar-refractivity contribution in [2.75, 3.05) is 26.2 Å². The van der Waals surface area contributed by atoms with Crippen LogP contribution in [0.15, 0.2) is 60.7 Å². The van der Waals surface area contributed by atoms with Gasteiger partial charge in [-0.1, -0.05) is 59.1 Å². The Morgan fingerprint density at radius 1 is 1.05 bits per heavy atom. The lowest BCUT2D eigenvalue weighted by Crippen LogP contribution is -2.61. The molecule has 1 spiro atoms. The minimum absolute atomic E-state index is 0.00515. The normalized spacial score (nSPS) is 21.1. The molecular formula is C32H34Cl2FN2O3+.